The second-order valence-electron chi connectivity index (χ2n) is 4.01. The molecule has 0 radical (unpaired) electrons. The van der Waals surface area contributed by atoms with Crippen LogP contribution in [0.5, 0.6) is 11.6 Å². The van der Waals surface area contributed by atoms with E-state index >= 15 is 0 Å². The summed E-state index contributed by atoms with van der Waals surface area (Å²) in [5, 5.41) is 12.0. The van der Waals surface area contributed by atoms with Gasteiger partial charge in [0.15, 0.2) is 0 Å². The highest BCUT2D eigenvalue weighted by molar-refractivity contribution is 6.29. The van der Waals surface area contributed by atoms with E-state index in [0.29, 0.717) is 11.1 Å². The van der Waals surface area contributed by atoms with Crippen molar-refractivity contribution >= 4 is 23.5 Å². The van der Waals surface area contributed by atoms with Crippen LogP contribution in [0.15, 0.2) is 24.3 Å². The maximum Gasteiger partial charge on any atom is 0.258 e. The third-order valence-electron chi connectivity index (χ3n) is 2.56. The first kappa shape index (κ1) is 14.1. The number of phenolic OH excluding ortho intramolecular Hbond substituents is 1. The largest absolute Gasteiger partial charge is 0.508 e. The van der Waals surface area contributed by atoms with Crippen LogP contribution in [-0.4, -0.2) is 28.1 Å². The van der Waals surface area contributed by atoms with Crippen LogP contribution in [0.2, 0.25) is 5.15 Å². The number of halogens is 1. The number of benzene rings is 1. The van der Waals surface area contributed by atoms with E-state index in [-0.39, 0.29) is 22.7 Å². The second-order valence-corrected chi connectivity index (χ2v) is 4.40. The smallest absolute Gasteiger partial charge is 0.258 e. The molecule has 0 aliphatic heterocycles. The van der Waals surface area contributed by atoms with E-state index in [1.807, 2.05) is 0 Å². The minimum absolute atomic E-state index is 0.0480. The van der Waals surface area contributed by atoms with Crippen molar-refractivity contribution < 1.29 is 14.6 Å². The summed E-state index contributed by atoms with van der Waals surface area (Å²) < 4.78 is 4.94. The van der Waals surface area contributed by atoms with Gasteiger partial charge in [0.25, 0.3) is 5.91 Å². The van der Waals surface area contributed by atoms with Crippen molar-refractivity contribution in [3.63, 3.8) is 0 Å². The highest BCUT2D eigenvalue weighted by Crippen LogP contribution is 2.19. The Labute approximate surface area is 120 Å². The number of aromatic hydroxyl groups is 1. The molecule has 0 saturated carbocycles. The van der Waals surface area contributed by atoms with Crippen molar-refractivity contribution in [1.82, 2.24) is 9.97 Å². The van der Waals surface area contributed by atoms with E-state index in [1.165, 1.54) is 31.4 Å². The molecule has 0 fully saturated rings. The minimum Gasteiger partial charge on any atom is -0.508 e. The predicted octanol–water partition coefficient (Wildman–Crippen LogP) is 2.40. The topological polar surface area (TPSA) is 84.3 Å². The molecule has 104 valence electrons. The van der Waals surface area contributed by atoms with Crippen molar-refractivity contribution in [1.29, 1.82) is 0 Å². The number of ether oxygens (including phenoxy) is 1. The van der Waals surface area contributed by atoms with E-state index in [1.54, 1.807) is 6.92 Å². The van der Waals surface area contributed by atoms with E-state index < -0.39 is 5.91 Å². The SMILES string of the molecule is COc1cc(Cl)nc(NC(=O)c2ccc(O)cc2C)n1. The first-order chi connectivity index (χ1) is 9.49. The van der Waals surface area contributed by atoms with Gasteiger partial charge in [-0.25, -0.2) is 4.98 Å². The lowest BCUT2D eigenvalue weighted by atomic mass is 10.1. The number of nitrogens with one attached hydrogen (secondary N) is 1. The Bertz CT molecular complexity index is 661. The number of aromatic nitrogens is 2. The molecule has 1 aromatic heterocycles. The molecule has 0 unspecified atom stereocenters. The number of nitrogens with zero attached hydrogens (tertiary/aromatic N) is 2. The van der Waals surface area contributed by atoms with Crippen LogP contribution in [0.1, 0.15) is 15.9 Å². The number of hydrogen-bond acceptors (Lipinski definition) is 5. The summed E-state index contributed by atoms with van der Waals surface area (Å²) in [7, 11) is 1.44. The Hall–Kier alpha value is -2.34. The summed E-state index contributed by atoms with van der Waals surface area (Å²) in [5.74, 6) is 0.00102. The number of rotatable bonds is 3. The number of carbonyl (C=O) groups excluding carboxylic acids is 1. The van der Waals surface area contributed by atoms with E-state index in [2.05, 4.69) is 15.3 Å². The molecule has 0 atom stereocenters. The zero-order valence-corrected chi connectivity index (χ0v) is 11.6. The van der Waals surface area contributed by atoms with Crippen molar-refractivity contribution in [2.75, 3.05) is 12.4 Å². The van der Waals surface area contributed by atoms with Crippen molar-refractivity contribution in [2.24, 2.45) is 0 Å². The van der Waals surface area contributed by atoms with Crippen molar-refractivity contribution in [3.8, 4) is 11.6 Å². The third kappa shape index (κ3) is 3.16. The highest BCUT2D eigenvalue weighted by Gasteiger charge is 2.12. The molecule has 0 aliphatic carbocycles. The Morgan fingerprint density at radius 1 is 1.35 bits per heavy atom. The molecule has 2 aromatic rings. The summed E-state index contributed by atoms with van der Waals surface area (Å²) in [6, 6.07) is 5.88. The average Bonchev–Trinajstić information content (AvgIpc) is 2.37. The number of anilines is 1. The van der Waals surface area contributed by atoms with Crippen LogP contribution in [0.25, 0.3) is 0 Å². The maximum atomic E-state index is 12.1. The fourth-order valence-electron chi connectivity index (χ4n) is 1.63. The lowest BCUT2D eigenvalue weighted by Gasteiger charge is -2.08. The predicted molar refractivity (Wildman–Crippen MR) is 74.4 cm³/mol. The van der Waals surface area contributed by atoms with E-state index in [4.69, 9.17) is 16.3 Å². The second kappa shape index (κ2) is 5.75. The molecule has 7 heteroatoms. The standard InChI is InChI=1S/C13H12ClN3O3/c1-7-5-8(18)3-4-9(7)12(19)17-13-15-10(14)6-11(16-13)20-2/h3-6,18H,1-2H3,(H,15,16,17,19). The molecule has 0 saturated heterocycles. The Morgan fingerprint density at radius 2 is 2.10 bits per heavy atom. The van der Waals surface area contributed by atoms with Crippen molar-refractivity contribution in [2.45, 2.75) is 6.92 Å². The van der Waals surface area contributed by atoms with Crippen LogP contribution in [0, 0.1) is 6.92 Å². The number of phenols is 1. The molecule has 1 aromatic carbocycles. The van der Waals surface area contributed by atoms with Gasteiger partial charge in [-0.2, -0.15) is 4.98 Å². The molecular formula is C13H12ClN3O3. The fraction of sp³-hybridized carbons (Fsp3) is 0.154. The van der Waals surface area contributed by atoms with Gasteiger partial charge < -0.3 is 9.84 Å². The molecular weight excluding hydrogens is 282 g/mol. The van der Waals surface area contributed by atoms with Gasteiger partial charge in [-0.15, -0.1) is 0 Å². The summed E-state index contributed by atoms with van der Waals surface area (Å²) in [6.07, 6.45) is 0. The summed E-state index contributed by atoms with van der Waals surface area (Å²) in [6.45, 7) is 1.72. The molecule has 0 bridgehead atoms. The van der Waals surface area contributed by atoms with Gasteiger partial charge in [-0.3, -0.25) is 10.1 Å². The number of hydrogen-bond donors (Lipinski definition) is 2. The number of amides is 1. The first-order valence-corrected chi connectivity index (χ1v) is 6.07. The number of carbonyl (C=O) groups is 1. The summed E-state index contributed by atoms with van der Waals surface area (Å²) in [4.78, 5) is 20.0. The molecule has 2 N–H and O–H groups in total. The summed E-state index contributed by atoms with van der Waals surface area (Å²) >= 11 is 5.79. The van der Waals surface area contributed by atoms with Gasteiger partial charge in [0.1, 0.15) is 10.9 Å². The lowest BCUT2D eigenvalue weighted by molar-refractivity contribution is 0.102. The molecule has 1 heterocycles. The molecule has 20 heavy (non-hydrogen) atoms. The maximum absolute atomic E-state index is 12.1. The van der Waals surface area contributed by atoms with Gasteiger partial charge in [0, 0.05) is 11.6 Å². The number of aryl methyl sites for hydroxylation is 1. The average molecular weight is 294 g/mol. The van der Waals surface area contributed by atoms with Crippen molar-refractivity contribution in [3.05, 3.63) is 40.5 Å². The van der Waals surface area contributed by atoms with Crippen LogP contribution in [-0.2, 0) is 0 Å². The van der Waals surface area contributed by atoms with E-state index in [9.17, 15) is 9.90 Å². The van der Waals surface area contributed by atoms with Crippen LogP contribution in [0.4, 0.5) is 5.95 Å². The number of methoxy groups -OCH3 is 1. The molecule has 0 spiro atoms. The first-order valence-electron chi connectivity index (χ1n) is 5.69. The quantitative estimate of drug-likeness (QED) is 0.849. The zero-order valence-electron chi connectivity index (χ0n) is 10.8. The zero-order chi connectivity index (χ0) is 14.7. The van der Waals surface area contributed by atoms with Crippen LogP contribution < -0.4 is 10.1 Å². The summed E-state index contributed by atoms with van der Waals surface area (Å²) in [5.41, 5.74) is 1.04. The van der Waals surface area contributed by atoms with Gasteiger partial charge in [0.2, 0.25) is 11.8 Å². The normalized spacial score (nSPS) is 10.2. The van der Waals surface area contributed by atoms with Crippen LogP contribution in [0.3, 0.4) is 0 Å². The molecule has 1 amide bonds. The monoisotopic (exact) mass is 293 g/mol. The van der Waals surface area contributed by atoms with Crippen LogP contribution >= 0.6 is 11.6 Å². The Kier molecular flexibility index (Phi) is 4.05. The Morgan fingerprint density at radius 3 is 2.75 bits per heavy atom. The lowest BCUT2D eigenvalue weighted by Crippen LogP contribution is -2.15. The van der Waals surface area contributed by atoms with Gasteiger partial charge in [-0.1, -0.05) is 11.6 Å². The Balaban J connectivity index is 2.25. The van der Waals surface area contributed by atoms with Gasteiger partial charge >= 0.3 is 0 Å². The fourth-order valence-corrected chi connectivity index (χ4v) is 1.80. The molecule has 6 nitrogen and oxygen atoms in total. The van der Waals surface area contributed by atoms with E-state index in [0.717, 1.165) is 0 Å². The molecule has 0 aliphatic rings. The third-order valence-corrected chi connectivity index (χ3v) is 2.75. The van der Waals surface area contributed by atoms with Gasteiger partial charge in [-0.05, 0) is 30.7 Å². The highest BCUT2D eigenvalue weighted by atomic mass is 35.5. The minimum atomic E-state index is -0.396. The molecule has 2 rings (SSSR count). The van der Waals surface area contributed by atoms with Gasteiger partial charge in [0.05, 0.1) is 7.11 Å².